The summed E-state index contributed by atoms with van der Waals surface area (Å²) in [4.78, 5) is 24.4. The van der Waals surface area contributed by atoms with E-state index in [1.165, 1.54) is 11.0 Å². The summed E-state index contributed by atoms with van der Waals surface area (Å²) in [6.45, 7) is 5.60. The topological polar surface area (TPSA) is 57.6 Å². The normalized spacial score (nSPS) is 11.2. The maximum Gasteiger partial charge on any atom is 0.305 e. The van der Waals surface area contributed by atoms with Crippen molar-refractivity contribution in [2.75, 3.05) is 6.54 Å². The lowest BCUT2D eigenvalue weighted by Gasteiger charge is -2.35. The second-order valence-electron chi connectivity index (χ2n) is 5.63. The summed E-state index contributed by atoms with van der Waals surface area (Å²) < 4.78 is 13.6. The van der Waals surface area contributed by atoms with Crippen LogP contribution in [0.25, 0.3) is 0 Å². The molecule has 0 aromatic heterocycles. The van der Waals surface area contributed by atoms with E-state index in [2.05, 4.69) is 0 Å². The molecule has 0 atom stereocenters. The first kappa shape index (κ1) is 16.1. The van der Waals surface area contributed by atoms with Crippen LogP contribution in [0.4, 0.5) is 4.39 Å². The van der Waals surface area contributed by atoms with E-state index in [0.29, 0.717) is 5.56 Å². The molecule has 0 unspecified atom stereocenters. The zero-order chi connectivity index (χ0) is 15.3. The fourth-order valence-corrected chi connectivity index (χ4v) is 1.94. The van der Waals surface area contributed by atoms with Crippen LogP contribution in [-0.4, -0.2) is 34.0 Å². The lowest BCUT2D eigenvalue weighted by molar-refractivity contribution is -0.140. The smallest absolute Gasteiger partial charge is 0.305 e. The summed E-state index contributed by atoms with van der Waals surface area (Å²) in [7, 11) is 0. The fourth-order valence-electron chi connectivity index (χ4n) is 1.94. The molecule has 5 heteroatoms. The van der Waals surface area contributed by atoms with Crippen molar-refractivity contribution in [1.29, 1.82) is 0 Å². The van der Waals surface area contributed by atoms with Gasteiger partial charge in [0.15, 0.2) is 0 Å². The van der Waals surface area contributed by atoms with Gasteiger partial charge in [0.1, 0.15) is 5.82 Å². The first-order valence-corrected chi connectivity index (χ1v) is 6.47. The van der Waals surface area contributed by atoms with Gasteiger partial charge in [0.05, 0.1) is 12.8 Å². The van der Waals surface area contributed by atoms with Crippen LogP contribution in [0.5, 0.6) is 0 Å². The molecule has 110 valence electrons. The lowest BCUT2D eigenvalue weighted by atomic mass is 10.0. The second kappa shape index (κ2) is 6.50. The average Bonchev–Trinajstić information content (AvgIpc) is 2.30. The standard InChI is InChI=1S/C15H20FNO3/c1-15(2,3)17(9-8-14(19)20)13(18)10-11-6-4-5-7-12(11)16/h4-7H,8-10H2,1-3H3,(H,19,20). The van der Waals surface area contributed by atoms with Gasteiger partial charge in [-0.1, -0.05) is 18.2 Å². The number of aliphatic carboxylic acids is 1. The van der Waals surface area contributed by atoms with Crippen LogP contribution in [0.1, 0.15) is 32.8 Å². The average molecular weight is 281 g/mol. The van der Waals surface area contributed by atoms with Gasteiger partial charge in [-0.05, 0) is 32.4 Å². The van der Waals surface area contributed by atoms with Crippen molar-refractivity contribution in [3.8, 4) is 0 Å². The molecule has 0 aliphatic heterocycles. The highest BCUT2D eigenvalue weighted by molar-refractivity contribution is 5.80. The highest BCUT2D eigenvalue weighted by Gasteiger charge is 2.27. The third-order valence-electron chi connectivity index (χ3n) is 2.96. The zero-order valence-corrected chi connectivity index (χ0v) is 12.0. The van der Waals surface area contributed by atoms with Crippen molar-refractivity contribution in [3.63, 3.8) is 0 Å². The van der Waals surface area contributed by atoms with Crippen LogP contribution in [0.15, 0.2) is 24.3 Å². The molecule has 1 aromatic rings. The predicted molar refractivity (Wildman–Crippen MR) is 73.8 cm³/mol. The molecule has 20 heavy (non-hydrogen) atoms. The lowest BCUT2D eigenvalue weighted by Crippen LogP contribution is -2.47. The maximum atomic E-state index is 13.6. The Morgan fingerprint density at radius 3 is 2.35 bits per heavy atom. The Morgan fingerprint density at radius 2 is 1.85 bits per heavy atom. The molecular weight excluding hydrogens is 261 g/mol. The number of carbonyl (C=O) groups excluding carboxylic acids is 1. The van der Waals surface area contributed by atoms with Crippen molar-refractivity contribution in [2.24, 2.45) is 0 Å². The zero-order valence-electron chi connectivity index (χ0n) is 12.0. The summed E-state index contributed by atoms with van der Waals surface area (Å²) in [5, 5.41) is 8.75. The molecule has 0 fully saturated rings. The SMILES string of the molecule is CC(C)(C)N(CCC(=O)O)C(=O)Cc1ccccc1F. The molecule has 0 saturated carbocycles. The van der Waals surface area contributed by atoms with E-state index in [1.54, 1.807) is 18.2 Å². The third kappa shape index (κ3) is 4.64. The molecule has 1 aromatic carbocycles. The van der Waals surface area contributed by atoms with Crippen molar-refractivity contribution < 1.29 is 19.1 Å². The Hall–Kier alpha value is -1.91. The molecule has 1 rings (SSSR count). The van der Waals surface area contributed by atoms with Crippen LogP contribution in [0.2, 0.25) is 0 Å². The number of carboxylic acid groups (broad SMARTS) is 1. The van der Waals surface area contributed by atoms with Crippen LogP contribution in [-0.2, 0) is 16.0 Å². The Kier molecular flexibility index (Phi) is 5.25. The molecule has 0 bridgehead atoms. The van der Waals surface area contributed by atoms with E-state index in [4.69, 9.17) is 5.11 Å². The molecule has 0 aliphatic rings. The number of nitrogens with zero attached hydrogens (tertiary/aromatic N) is 1. The molecule has 0 saturated heterocycles. The van der Waals surface area contributed by atoms with E-state index in [9.17, 15) is 14.0 Å². The number of halogens is 1. The van der Waals surface area contributed by atoms with E-state index in [0.717, 1.165) is 0 Å². The summed E-state index contributed by atoms with van der Waals surface area (Å²) in [5.74, 6) is -1.66. The molecule has 1 amide bonds. The van der Waals surface area contributed by atoms with E-state index >= 15 is 0 Å². The Bertz CT molecular complexity index is 494. The summed E-state index contributed by atoms with van der Waals surface area (Å²) in [6.07, 6.45) is -0.191. The van der Waals surface area contributed by atoms with Crippen molar-refractivity contribution in [2.45, 2.75) is 39.2 Å². The first-order valence-electron chi connectivity index (χ1n) is 6.47. The van der Waals surface area contributed by atoms with Crippen LogP contribution >= 0.6 is 0 Å². The van der Waals surface area contributed by atoms with Gasteiger partial charge in [-0.2, -0.15) is 0 Å². The Balaban J connectivity index is 2.83. The number of benzene rings is 1. The molecule has 0 heterocycles. The molecule has 1 N–H and O–H groups in total. The Labute approximate surface area is 118 Å². The van der Waals surface area contributed by atoms with Gasteiger partial charge in [-0.3, -0.25) is 9.59 Å². The number of hydrogen-bond donors (Lipinski definition) is 1. The van der Waals surface area contributed by atoms with Gasteiger partial charge >= 0.3 is 5.97 Å². The minimum Gasteiger partial charge on any atom is -0.481 e. The minimum atomic E-state index is -0.960. The number of carbonyl (C=O) groups is 2. The van der Waals surface area contributed by atoms with Gasteiger partial charge in [0, 0.05) is 12.1 Å². The van der Waals surface area contributed by atoms with Gasteiger partial charge in [0.2, 0.25) is 5.91 Å². The molecule has 0 radical (unpaired) electrons. The number of amides is 1. The van der Waals surface area contributed by atoms with Gasteiger partial charge in [0.25, 0.3) is 0 Å². The maximum absolute atomic E-state index is 13.6. The summed E-state index contributed by atoms with van der Waals surface area (Å²) >= 11 is 0. The predicted octanol–water partition coefficient (Wildman–Crippen LogP) is 2.47. The van der Waals surface area contributed by atoms with E-state index in [-0.39, 0.29) is 25.3 Å². The van der Waals surface area contributed by atoms with Gasteiger partial charge in [-0.15, -0.1) is 0 Å². The largest absolute Gasteiger partial charge is 0.481 e. The highest BCUT2D eigenvalue weighted by atomic mass is 19.1. The molecule has 4 nitrogen and oxygen atoms in total. The molecular formula is C15H20FNO3. The minimum absolute atomic E-state index is 0.0659. The second-order valence-corrected chi connectivity index (χ2v) is 5.63. The highest BCUT2D eigenvalue weighted by Crippen LogP contribution is 2.17. The first-order chi connectivity index (χ1) is 9.21. The van der Waals surface area contributed by atoms with Crippen molar-refractivity contribution in [1.82, 2.24) is 4.90 Å². The number of carboxylic acids is 1. The summed E-state index contributed by atoms with van der Waals surface area (Å²) in [6, 6.07) is 6.10. The van der Waals surface area contributed by atoms with Gasteiger partial charge in [-0.25, -0.2) is 4.39 Å². The summed E-state index contributed by atoms with van der Waals surface area (Å²) in [5.41, 5.74) is -0.181. The third-order valence-corrected chi connectivity index (χ3v) is 2.96. The monoisotopic (exact) mass is 281 g/mol. The molecule has 0 spiro atoms. The quantitative estimate of drug-likeness (QED) is 0.902. The van der Waals surface area contributed by atoms with E-state index < -0.39 is 17.3 Å². The van der Waals surface area contributed by atoms with E-state index in [1.807, 2.05) is 20.8 Å². The van der Waals surface area contributed by atoms with Gasteiger partial charge < -0.3 is 10.0 Å². The van der Waals surface area contributed by atoms with Crippen molar-refractivity contribution in [3.05, 3.63) is 35.6 Å². The Morgan fingerprint density at radius 1 is 1.25 bits per heavy atom. The number of hydrogen-bond acceptors (Lipinski definition) is 2. The van der Waals surface area contributed by atoms with Crippen molar-refractivity contribution >= 4 is 11.9 Å². The molecule has 0 aliphatic carbocycles. The van der Waals surface area contributed by atoms with Crippen LogP contribution in [0.3, 0.4) is 0 Å². The van der Waals surface area contributed by atoms with Crippen LogP contribution in [0, 0.1) is 5.82 Å². The fraction of sp³-hybridized carbons (Fsp3) is 0.467. The number of rotatable bonds is 5. The van der Waals surface area contributed by atoms with Crippen LogP contribution < -0.4 is 0 Å².